The topological polar surface area (TPSA) is 67.8 Å². The monoisotopic (exact) mass is 525 g/mol. The number of likely N-dealkylation sites (N-methyl/N-ethyl adjacent to an activating group) is 1. The van der Waals surface area contributed by atoms with Gasteiger partial charge in [-0.1, -0.05) is 29.3 Å². The van der Waals surface area contributed by atoms with Gasteiger partial charge in [-0.25, -0.2) is 4.98 Å². The summed E-state index contributed by atoms with van der Waals surface area (Å²) in [4.78, 5) is 30.6. The van der Waals surface area contributed by atoms with Crippen LogP contribution in [0.25, 0.3) is 0 Å². The van der Waals surface area contributed by atoms with Crippen LogP contribution in [-0.4, -0.2) is 66.7 Å². The molecule has 1 aromatic heterocycles. The summed E-state index contributed by atoms with van der Waals surface area (Å²) in [5, 5.41) is 4.09. The van der Waals surface area contributed by atoms with Crippen molar-refractivity contribution in [3.63, 3.8) is 0 Å². The number of rotatable bonds is 4. The Morgan fingerprint density at radius 1 is 0.972 bits per heavy atom. The SMILES string of the molecule is CC1CN(c2ccc(Nc3ncc4c(n3)N(C)CN(c3c(Cl)cccc3Cl)C4=O)cc2)C(C)CN1C. The Balaban J connectivity index is 1.34. The zero-order valence-electron chi connectivity index (χ0n) is 20.7. The first-order chi connectivity index (χ1) is 17.2. The number of nitrogens with zero attached hydrogens (tertiary/aromatic N) is 6. The van der Waals surface area contributed by atoms with Crippen LogP contribution >= 0.6 is 23.2 Å². The van der Waals surface area contributed by atoms with Gasteiger partial charge < -0.3 is 15.1 Å². The molecule has 1 amide bonds. The van der Waals surface area contributed by atoms with Crippen LogP contribution in [0.5, 0.6) is 0 Å². The number of para-hydroxylation sites is 1. The van der Waals surface area contributed by atoms with Gasteiger partial charge in [0.05, 0.1) is 22.4 Å². The minimum Gasteiger partial charge on any atom is -0.366 e. The van der Waals surface area contributed by atoms with Crippen LogP contribution in [0.15, 0.2) is 48.7 Å². The van der Waals surface area contributed by atoms with E-state index in [4.69, 9.17) is 23.2 Å². The van der Waals surface area contributed by atoms with E-state index in [0.717, 1.165) is 18.8 Å². The molecule has 2 aliphatic rings. The third-order valence-electron chi connectivity index (χ3n) is 6.92. The molecule has 36 heavy (non-hydrogen) atoms. The molecule has 3 aromatic rings. The highest BCUT2D eigenvalue weighted by Crippen LogP contribution is 2.37. The summed E-state index contributed by atoms with van der Waals surface area (Å²) in [5.74, 6) is 0.727. The van der Waals surface area contributed by atoms with Crippen molar-refractivity contribution in [2.45, 2.75) is 25.9 Å². The summed E-state index contributed by atoms with van der Waals surface area (Å²) in [6.45, 7) is 6.81. The van der Waals surface area contributed by atoms with Gasteiger partial charge in [-0.05, 0) is 57.3 Å². The molecule has 1 fully saturated rings. The van der Waals surface area contributed by atoms with E-state index in [1.807, 2.05) is 24.1 Å². The van der Waals surface area contributed by atoms with Crippen LogP contribution in [0, 0.1) is 0 Å². The Bertz CT molecular complexity index is 1270. The third kappa shape index (κ3) is 4.56. The summed E-state index contributed by atoms with van der Waals surface area (Å²) in [5.41, 5.74) is 2.94. The van der Waals surface area contributed by atoms with Crippen LogP contribution in [0.4, 0.5) is 28.8 Å². The fraction of sp³-hybridized carbons (Fsp3) is 0.346. The number of fused-ring (bicyclic) bond motifs is 1. The predicted octanol–water partition coefficient (Wildman–Crippen LogP) is 5.11. The molecular formula is C26H29Cl2N7O. The Morgan fingerprint density at radius 3 is 2.36 bits per heavy atom. The maximum absolute atomic E-state index is 13.3. The molecule has 1 N–H and O–H groups in total. The second-order valence-electron chi connectivity index (χ2n) is 9.54. The lowest BCUT2D eigenvalue weighted by molar-refractivity contribution is 0.0982. The predicted molar refractivity (Wildman–Crippen MR) is 147 cm³/mol. The number of aromatic nitrogens is 2. The highest BCUT2D eigenvalue weighted by atomic mass is 35.5. The van der Waals surface area contributed by atoms with Crippen molar-refractivity contribution in [3.05, 3.63) is 64.3 Å². The number of amides is 1. The van der Waals surface area contributed by atoms with Crippen molar-refractivity contribution in [1.82, 2.24) is 14.9 Å². The fourth-order valence-electron chi connectivity index (χ4n) is 4.81. The lowest BCUT2D eigenvalue weighted by Crippen LogP contribution is -2.55. The van der Waals surface area contributed by atoms with Crippen LogP contribution in [0.2, 0.25) is 10.0 Å². The molecule has 2 unspecified atom stereocenters. The van der Waals surface area contributed by atoms with Crippen LogP contribution < -0.4 is 20.0 Å². The molecular weight excluding hydrogens is 497 g/mol. The molecule has 0 aliphatic carbocycles. The van der Waals surface area contributed by atoms with Crippen molar-refractivity contribution in [2.24, 2.45) is 0 Å². The lowest BCUT2D eigenvalue weighted by Gasteiger charge is -2.43. The number of hydrogen-bond donors (Lipinski definition) is 1. The number of carbonyl (C=O) groups excluding carboxylic acids is 1. The summed E-state index contributed by atoms with van der Waals surface area (Å²) >= 11 is 12.7. The number of hydrogen-bond acceptors (Lipinski definition) is 7. The van der Waals surface area contributed by atoms with Gasteiger partial charge in [0.1, 0.15) is 11.4 Å². The molecule has 2 aliphatic heterocycles. The Hall–Kier alpha value is -3.07. The van der Waals surface area contributed by atoms with Gasteiger partial charge in [-0.3, -0.25) is 14.6 Å². The zero-order chi connectivity index (χ0) is 25.6. The van der Waals surface area contributed by atoms with Gasteiger partial charge in [-0.2, -0.15) is 4.98 Å². The number of nitrogens with one attached hydrogen (secondary N) is 1. The maximum atomic E-state index is 13.3. The van der Waals surface area contributed by atoms with Gasteiger partial charge in [0.2, 0.25) is 5.95 Å². The van der Waals surface area contributed by atoms with Crippen molar-refractivity contribution in [1.29, 1.82) is 0 Å². The summed E-state index contributed by atoms with van der Waals surface area (Å²) in [7, 11) is 4.05. The average molecular weight is 526 g/mol. The Morgan fingerprint density at radius 2 is 1.67 bits per heavy atom. The molecule has 2 aromatic carbocycles. The Kier molecular flexibility index (Phi) is 6.68. The first-order valence-electron chi connectivity index (χ1n) is 11.9. The smallest absolute Gasteiger partial charge is 0.265 e. The molecule has 0 spiro atoms. The summed E-state index contributed by atoms with van der Waals surface area (Å²) in [6, 6.07) is 14.4. The quantitative estimate of drug-likeness (QED) is 0.507. The Labute approximate surface area is 221 Å². The number of halogens is 2. The molecule has 0 radical (unpaired) electrons. The molecule has 10 heteroatoms. The zero-order valence-corrected chi connectivity index (χ0v) is 22.3. The van der Waals surface area contributed by atoms with Gasteiger partial charge in [-0.15, -0.1) is 0 Å². The van der Waals surface area contributed by atoms with E-state index in [9.17, 15) is 4.79 Å². The lowest BCUT2D eigenvalue weighted by atomic mass is 10.1. The third-order valence-corrected chi connectivity index (χ3v) is 7.53. The highest BCUT2D eigenvalue weighted by molar-refractivity contribution is 6.40. The number of carbonyl (C=O) groups is 1. The molecule has 0 bridgehead atoms. The van der Waals surface area contributed by atoms with Gasteiger partial charge >= 0.3 is 0 Å². The van der Waals surface area contributed by atoms with Crippen LogP contribution in [-0.2, 0) is 0 Å². The minimum atomic E-state index is -0.246. The van der Waals surface area contributed by atoms with Crippen LogP contribution in [0.3, 0.4) is 0 Å². The summed E-state index contributed by atoms with van der Waals surface area (Å²) < 4.78 is 0. The minimum absolute atomic E-state index is 0.246. The summed E-state index contributed by atoms with van der Waals surface area (Å²) in [6.07, 6.45) is 1.54. The van der Waals surface area contributed by atoms with E-state index in [0.29, 0.717) is 45.1 Å². The maximum Gasteiger partial charge on any atom is 0.265 e. The highest BCUT2D eigenvalue weighted by Gasteiger charge is 2.33. The van der Waals surface area contributed by atoms with Gasteiger partial charge in [0, 0.05) is 49.8 Å². The van der Waals surface area contributed by atoms with Crippen molar-refractivity contribution in [2.75, 3.05) is 53.9 Å². The first-order valence-corrected chi connectivity index (χ1v) is 12.7. The molecule has 2 atom stereocenters. The van der Waals surface area contributed by atoms with E-state index in [1.54, 1.807) is 29.3 Å². The fourth-order valence-corrected chi connectivity index (χ4v) is 5.41. The molecule has 0 saturated carbocycles. The molecule has 1 saturated heterocycles. The first kappa shape index (κ1) is 24.6. The van der Waals surface area contributed by atoms with E-state index in [-0.39, 0.29) is 12.6 Å². The van der Waals surface area contributed by atoms with Crippen molar-refractivity contribution in [3.8, 4) is 0 Å². The molecule has 188 valence electrons. The molecule has 5 rings (SSSR count). The number of benzene rings is 2. The standard InChI is InChI=1S/C26H29Cl2N7O/c1-16-14-34(17(2)13-32(16)3)19-10-8-18(9-11-19)30-26-29-12-20-24(31-26)33(4)15-35(25(20)36)23-21(27)6-5-7-22(23)28/h5-12,16-17H,13-15H2,1-4H3,(H,29,30,31). The molecule has 8 nitrogen and oxygen atoms in total. The second kappa shape index (κ2) is 9.76. The molecule has 3 heterocycles. The van der Waals surface area contributed by atoms with E-state index >= 15 is 0 Å². The van der Waals surface area contributed by atoms with Crippen LogP contribution in [0.1, 0.15) is 24.2 Å². The van der Waals surface area contributed by atoms with Gasteiger partial charge in [0.25, 0.3) is 5.91 Å². The van der Waals surface area contributed by atoms with E-state index in [2.05, 4.69) is 58.1 Å². The van der Waals surface area contributed by atoms with Crippen molar-refractivity contribution < 1.29 is 4.79 Å². The normalized spacial score (nSPS) is 20.5. The van der Waals surface area contributed by atoms with Gasteiger partial charge in [0.15, 0.2) is 0 Å². The van der Waals surface area contributed by atoms with Crippen molar-refractivity contribution >= 4 is 57.9 Å². The second-order valence-corrected chi connectivity index (χ2v) is 10.3. The average Bonchev–Trinajstić information content (AvgIpc) is 2.85. The van der Waals surface area contributed by atoms with E-state index < -0.39 is 0 Å². The van der Waals surface area contributed by atoms with E-state index in [1.165, 1.54) is 5.69 Å². The largest absolute Gasteiger partial charge is 0.366 e. The number of anilines is 5. The number of piperazine rings is 1.